The molecule has 0 aromatic rings. The fraction of sp³-hybridized carbons (Fsp3) is 0.818. The number of hydrogen-bond donors (Lipinski definition) is 4. The molecule has 0 aromatic heterocycles. The number of rotatable bonds is 2. The molecule has 0 saturated heterocycles. The fourth-order valence-corrected chi connectivity index (χ4v) is 7.28. The lowest BCUT2D eigenvalue weighted by molar-refractivity contribution is -0.182. The van der Waals surface area contributed by atoms with Crippen LogP contribution in [0.3, 0.4) is 0 Å². The zero-order valence-corrected chi connectivity index (χ0v) is 17.1. The van der Waals surface area contributed by atoms with Crippen LogP contribution in [0.2, 0.25) is 0 Å². The lowest BCUT2D eigenvalue weighted by Gasteiger charge is -2.60. The van der Waals surface area contributed by atoms with Crippen molar-refractivity contribution in [3.05, 3.63) is 11.6 Å². The van der Waals surface area contributed by atoms with Crippen LogP contribution in [0.25, 0.3) is 0 Å². The molecule has 4 aliphatic carbocycles. The first-order valence-corrected chi connectivity index (χ1v) is 10.4. The number of aliphatic hydroxyl groups is 4. The number of ketones is 2. The molecule has 0 radical (unpaired) electrons. The van der Waals surface area contributed by atoms with E-state index in [-0.39, 0.29) is 29.0 Å². The Bertz CT molecular complexity index is 687. The van der Waals surface area contributed by atoms with Gasteiger partial charge < -0.3 is 20.4 Å². The molecule has 0 spiro atoms. The molecule has 0 aliphatic heterocycles. The van der Waals surface area contributed by atoms with Gasteiger partial charge in [0.1, 0.15) is 12.2 Å². The Labute approximate surface area is 166 Å². The van der Waals surface area contributed by atoms with Crippen molar-refractivity contribution in [2.45, 2.75) is 70.5 Å². The third kappa shape index (κ3) is 2.76. The molecule has 0 amide bonds. The number of hydrogen-bond acceptors (Lipinski definition) is 6. The van der Waals surface area contributed by atoms with Crippen LogP contribution in [0.15, 0.2) is 11.6 Å². The number of Topliss-reactive ketones (excluding diaryl/α,β-unsaturated/α-hetero) is 1. The Kier molecular flexibility index (Phi) is 5.65. The van der Waals surface area contributed by atoms with Gasteiger partial charge in [0.25, 0.3) is 0 Å². The molecule has 4 N–H and O–H groups in total. The van der Waals surface area contributed by atoms with E-state index in [1.165, 1.54) is 5.57 Å². The molecule has 3 saturated carbocycles. The van der Waals surface area contributed by atoms with Gasteiger partial charge in [0.05, 0.1) is 6.10 Å². The highest BCUT2D eigenvalue weighted by molar-refractivity contribution is 5.91. The van der Waals surface area contributed by atoms with Gasteiger partial charge >= 0.3 is 0 Å². The molecular formula is C22H34O6. The number of aliphatic hydroxyl groups excluding tert-OH is 3. The maximum atomic E-state index is 12.4. The van der Waals surface area contributed by atoms with Crippen LogP contribution in [0.1, 0.15) is 58.8 Å². The fourth-order valence-electron chi connectivity index (χ4n) is 7.28. The first kappa shape index (κ1) is 21.6. The first-order chi connectivity index (χ1) is 13.2. The van der Waals surface area contributed by atoms with E-state index in [2.05, 4.69) is 6.92 Å². The van der Waals surface area contributed by atoms with E-state index in [1.807, 2.05) is 6.92 Å². The zero-order chi connectivity index (χ0) is 20.9. The standard InChI is InChI=1S/C21H30O5.CH4O/c1-19-7-5-13(23)9-12(19)3-4-14-15-6-8-21(26,17(25)11-22)20(15,2)10-16(24)18(14)19;1-2/h9,14-16,18,22,24,26H,3-8,10-11H2,1-2H3;2H,1H3/t14-,15-,16-,18+,19-,20-,21-;/m0./s1. The van der Waals surface area contributed by atoms with Crippen LogP contribution in [0.5, 0.6) is 0 Å². The van der Waals surface area contributed by atoms with Gasteiger partial charge in [-0.2, -0.15) is 0 Å². The summed E-state index contributed by atoms with van der Waals surface area (Å²) in [5.74, 6) is 0.140. The molecule has 0 unspecified atom stereocenters. The molecule has 4 aliphatic rings. The minimum Gasteiger partial charge on any atom is -0.400 e. The average Bonchev–Trinajstić information content (AvgIpc) is 2.94. The minimum atomic E-state index is -1.54. The maximum Gasteiger partial charge on any atom is 0.190 e. The monoisotopic (exact) mass is 394 g/mol. The van der Waals surface area contributed by atoms with Gasteiger partial charge in [0.2, 0.25) is 0 Å². The van der Waals surface area contributed by atoms with Crippen LogP contribution in [-0.4, -0.2) is 57.4 Å². The quantitative estimate of drug-likeness (QED) is 0.563. The molecular weight excluding hydrogens is 360 g/mol. The number of allylic oxidation sites excluding steroid dienone is 1. The average molecular weight is 395 g/mol. The Balaban J connectivity index is 0.00000109. The van der Waals surface area contributed by atoms with Crippen molar-refractivity contribution in [1.82, 2.24) is 0 Å². The summed E-state index contributed by atoms with van der Waals surface area (Å²) in [6.07, 6.45) is 5.74. The normalized spacial score (nSPS) is 47.1. The highest BCUT2D eigenvalue weighted by Gasteiger charge is 2.68. The van der Waals surface area contributed by atoms with E-state index in [4.69, 9.17) is 5.11 Å². The second kappa shape index (κ2) is 7.31. The molecule has 3 fully saturated rings. The summed E-state index contributed by atoms with van der Waals surface area (Å²) in [7, 11) is 1.00. The largest absolute Gasteiger partial charge is 0.400 e. The third-order valence-electron chi connectivity index (χ3n) is 8.65. The van der Waals surface area contributed by atoms with Gasteiger partial charge in [-0.05, 0) is 67.8 Å². The Morgan fingerprint density at radius 3 is 2.50 bits per heavy atom. The van der Waals surface area contributed by atoms with Gasteiger partial charge in [-0.3, -0.25) is 9.59 Å². The number of fused-ring (bicyclic) bond motifs is 5. The molecule has 158 valence electrons. The zero-order valence-electron chi connectivity index (χ0n) is 17.1. The van der Waals surface area contributed by atoms with E-state index in [0.29, 0.717) is 19.3 Å². The summed E-state index contributed by atoms with van der Waals surface area (Å²) in [5, 5.41) is 38.7. The molecule has 6 nitrogen and oxygen atoms in total. The lowest BCUT2D eigenvalue weighted by Crippen LogP contribution is -2.62. The summed E-state index contributed by atoms with van der Waals surface area (Å²) in [4.78, 5) is 24.3. The molecule has 6 heteroatoms. The highest BCUT2D eigenvalue weighted by Crippen LogP contribution is 2.67. The van der Waals surface area contributed by atoms with E-state index in [9.17, 15) is 24.9 Å². The Hall–Kier alpha value is -1.08. The summed E-state index contributed by atoms with van der Waals surface area (Å²) in [6, 6.07) is 0. The smallest absolute Gasteiger partial charge is 0.190 e. The van der Waals surface area contributed by atoms with Crippen molar-refractivity contribution < 1.29 is 30.0 Å². The summed E-state index contributed by atoms with van der Waals surface area (Å²) >= 11 is 0. The molecule has 4 rings (SSSR count). The van der Waals surface area contributed by atoms with Crippen molar-refractivity contribution in [3.63, 3.8) is 0 Å². The van der Waals surface area contributed by atoms with Crippen LogP contribution in [0, 0.1) is 28.6 Å². The van der Waals surface area contributed by atoms with Crippen LogP contribution >= 0.6 is 0 Å². The van der Waals surface area contributed by atoms with Gasteiger partial charge in [-0.15, -0.1) is 0 Å². The molecule has 28 heavy (non-hydrogen) atoms. The van der Waals surface area contributed by atoms with E-state index in [1.54, 1.807) is 6.08 Å². The predicted octanol–water partition coefficient (Wildman–Crippen LogP) is 1.39. The van der Waals surface area contributed by atoms with Crippen molar-refractivity contribution >= 4 is 11.6 Å². The number of carbonyl (C=O) groups excluding carboxylic acids is 2. The molecule has 0 aromatic carbocycles. The van der Waals surface area contributed by atoms with Crippen LogP contribution in [0.4, 0.5) is 0 Å². The second-order valence-corrected chi connectivity index (χ2v) is 9.56. The van der Waals surface area contributed by atoms with Gasteiger partial charge in [-0.25, -0.2) is 0 Å². The molecule has 0 heterocycles. The van der Waals surface area contributed by atoms with Crippen LogP contribution in [-0.2, 0) is 9.59 Å². The lowest BCUT2D eigenvalue weighted by atomic mass is 9.45. The van der Waals surface area contributed by atoms with E-state index in [0.717, 1.165) is 32.8 Å². The predicted molar refractivity (Wildman–Crippen MR) is 103 cm³/mol. The second-order valence-electron chi connectivity index (χ2n) is 9.56. The minimum absolute atomic E-state index is 0.0697. The van der Waals surface area contributed by atoms with Crippen molar-refractivity contribution in [3.8, 4) is 0 Å². The van der Waals surface area contributed by atoms with Gasteiger partial charge in [0.15, 0.2) is 11.6 Å². The van der Waals surface area contributed by atoms with E-state index >= 15 is 0 Å². The molecule has 7 atom stereocenters. The Morgan fingerprint density at radius 2 is 1.86 bits per heavy atom. The Morgan fingerprint density at radius 1 is 1.18 bits per heavy atom. The maximum absolute atomic E-state index is 12.4. The van der Waals surface area contributed by atoms with Crippen molar-refractivity contribution in [2.24, 2.45) is 28.6 Å². The highest BCUT2D eigenvalue weighted by atomic mass is 16.3. The topological polar surface area (TPSA) is 115 Å². The summed E-state index contributed by atoms with van der Waals surface area (Å²) in [6.45, 7) is 3.46. The van der Waals surface area contributed by atoms with Crippen LogP contribution < -0.4 is 0 Å². The summed E-state index contributed by atoms with van der Waals surface area (Å²) < 4.78 is 0. The van der Waals surface area contributed by atoms with E-state index < -0.39 is 29.5 Å². The third-order valence-corrected chi connectivity index (χ3v) is 8.65. The van der Waals surface area contributed by atoms with Gasteiger partial charge in [0, 0.05) is 18.9 Å². The number of carbonyl (C=O) groups is 2. The molecule has 0 bridgehead atoms. The van der Waals surface area contributed by atoms with Crippen molar-refractivity contribution in [1.29, 1.82) is 0 Å². The first-order valence-electron chi connectivity index (χ1n) is 10.4. The summed E-state index contributed by atoms with van der Waals surface area (Å²) in [5.41, 5.74) is -1.23. The SMILES string of the molecule is CO.C[C@]12CCC(=O)C=C1CC[C@@H]1[C@@H]2[C@@H](O)C[C@@]2(C)[C@H]1CC[C@]2(O)C(=O)CO. The van der Waals surface area contributed by atoms with Gasteiger partial charge in [-0.1, -0.05) is 19.4 Å². The van der Waals surface area contributed by atoms with Crippen molar-refractivity contribution in [2.75, 3.05) is 13.7 Å².